The lowest BCUT2D eigenvalue weighted by Gasteiger charge is -2.26. The van der Waals surface area contributed by atoms with Crippen LogP contribution in [0, 0.1) is 10.1 Å². The normalized spacial score (nSPS) is 26.3. The van der Waals surface area contributed by atoms with Crippen molar-refractivity contribution in [1.82, 2.24) is 0 Å². The molecule has 0 saturated carbocycles. The average Bonchev–Trinajstić information content (AvgIpc) is 2.67. The molecular formula is C12H17N3O4. The molecule has 0 radical (unpaired) electrons. The fourth-order valence-electron chi connectivity index (χ4n) is 2.16. The summed E-state index contributed by atoms with van der Waals surface area (Å²) >= 11 is 0. The zero-order chi connectivity index (χ0) is 14.0. The number of nitro benzene ring substituents is 1. The Labute approximate surface area is 110 Å². The summed E-state index contributed by atoms with van der Waals surface area (Å²) in [5.74, 6) is 0. The molecule has 0 aromatic heterocycles. The van der Waals surface area contributed by atoms with Gasteiger partial charge in [0.25, 0.3) is 0 Å². The van der Waals surface area contributed by atoms with Crippen LogP contribution in [-0.2, 0) is 4.74 Å². The lowest BCUT2D eigenvalue weighted by atomic mass is 9.96. The quantitative estimate of drug-likeness (QED) is 0.428. The van der Waals surface area contributed by atoms with Crippen molar-refractivity contribution >= 4 is 17.1 Å². The van der Waals surface area contributed by atoms with E-state index in [-0.39, 0.29) is 24.0 Å². The van der Waals surface area contributed by atoms with Gasteiger partial charge in [0.05, 0.1) is 11.0 Å². The van der Waals surface area contributed by atoms with E-state index in [1.807, 2.05) is 0 Å². The third-order valence-electron chi connectivity index (χ3n) is 3.49. The zero-order valence-corrected chi connectivity index (χ0v) is 10.6. The van der Waals surface area contributed by atoms with Gasteiger partial charge in [-0.3, -0.25) is 10.1 Å². The van der Waals surface area contributed by atoms with Crippen molar-refractivity contribution in [3.63, 3.8) is 0 Å². The molecule has 0 bridgehead atoms. The number of aliphatic hydroxyl groups is 1. The first kappa shape index (κ1) is 13.6. The van der Waals surface area contributed by atoms with E-state index in [9.17, 15) is 15.2 Å². The minimum Gasteiger partial charge on any atom is -0.393 e. The number of benzene rings is 1. The Balaban J connectivity index is 2.16. The third kappa shape index (κ3) is 2.61. The van der Waals surface area contributed by atoms with E-state index in [0.717, 1.165) is 0 Å². The van der Waals surface area contributed by atoms with Crippen LogP contribution in [0.15, 0.2) is 18.2 Å². The molecule has 1 aromatic rings. The van der Waals surface area contributed by atoms with Crippen molar-refractivity contribution in [2.75, 3.05) is 24.2 Å². The van der Waals surface area contributed by atoms with E-state index in [4.69, 9.17) is 10.5 Å². The van der Waals surface area contributed by atoms with Crippen molar-refractivity contribution in [2.45, 2.75) is 25.0 Å². The SMILES string of the molecule is CC1OCCC1(O)CNc1cccc(N)c1[N+](=O)[O-]. The number of hydrogen-bond donors (Lipinski definition) is 3. The van der Waals surface area contributed by atoms with Gasteiger partial charge >= 0.3 is 5.69 Å². The molecule has 0 amide bonds. The highest BCUT2D eigenvalue weighted by Crippen LogP contribution is 2.32. The predicted octanol–water partition coefficient (Wildman–Crippen LogP) is 1.13. The molecule has 2 unspecified atom stereocenters. The summed E-state index contributed by atoms with van der Waals surface area (Å²) < 4.78 is 5.31. The van der Waals surface area contributed by atoms with Crippen LogP contribution in [0.25, 0.3) is 0 Å². The molecule has 2 atom stereocenters. The molecule has 2 rings (SSSR count). The molecule has 7 nitrogen and oxygen atoms in total. The smallest absolute Gasteiger partial charge is 0.314 e. The molecule has 1 aliphatic rings. The van der Waals surface area contributed by atoms with Gasteiger partial charge in [-0.2, -0.15) is 0 Å². The Bertz CT molecular complexity index is 494. The number of nitrogen functional groups attached to an aromatic ring is 1. The van der Waals surface area contributed by atoms with Gasteiger partial charge in [-0.05, 0) is 19.1 Å². The fraction of sp³-hybridized carbons (Fsp3) is 0.500. The summed E-state index contributed by atoms with van der Waals surface area (Å²) in [6.07, 6.45) is 0.192. The number of anilines is 2. The number of rotatable bonds is 4. The Kier molecular flexibility index (Phi) is 3.59. The second kappa shape index (κ2) is 5.02. The van der Waals surface area contributed by atoms with E-state index < -0.39 is 10.5 Å². The molecule has 1 aliphatic heterocycles. The van der Waals surface area contributed by atoms with E-state index in [1.54, 1.807) is 19.1 Å². The lowest BCUT2D eigenvalue weighted by molar-refractivity contribution is -0.383. The lowest BCUT2D eigenvalue weighted by Crippen LogP contribution is -2.43. The maximum atomic E-state index is 11.0. The van der Waals surface area contributed by atoms with E-state index in [2.05, 4.69) is 5.32 Å². The van der Waals surface area contributed by atoms with Crippen molar-refractivity contribution in [3.8, 4) is 0 Å². The number of nitrogens with one attached hydrogen (secondary N) is 1. The van der Waals surface area contributed by atoms with Crippen molar-refractivity contribution < 1.29 is 14.8 Å². The van der Waals surface area contributed by atoms with E-state index in [0.29, 0.717) is 18.7 Å². The van der Waals surface area contributed by atoms with Crippen molar-refractivity contribution in [3.05, 3.63) is 28.3 Å². The summed E-state index contributed by atoms with van der Waals surface area (Å²) in [7, 11) is 0. The van der Waals surface area contributed by atoms with Gasteiger partial charge in [0.1, 0.15) is 17.0 Å². The van der Waals surface area contributed by atoms with Gasteiger partial charge in [-0.15, -0.1) is 0 Å². The number of nitro groups is 1. The predicted molar refractivity (Wildman–Crippen MR) is 71.0 cm³/mol. The maximum absolute atomic E-state index is 11.0. The zero-order valence-electron chi connectivity index (χ0n) is 10.6. The number of nitrogens with zero attached hydrogens (tertiary/aromatic N) is 1. The van der Waals surface area contributed by atoms with Gasteiger partial charge in [-0.25, -0.2) is 0 Å². The Morgan fingerprint density at radius 2 is 2.42 bits per heavy atom. The number of hydrogen-bond acceptors (Lipinski definition) is 6. The molecule has 104 valence electrons. The third-order valence-corrected chi connectivity index (χ3v) is 3.49. The van der Waals surface area contributed by atoms with E-state index >= 15 is 0 Å². The maximum Gasteiger partial charge on any atom is 0.314 e. The van der Waals surface area contributed by atoms with Gasteiger partial charge in [-0.1, -0.05) is 6.07 Å². The molecule has 1 heterocycles. The van der Waals surface area contributed by atoms with Gasteiger partial charge in [0.15, 0.2) is 0 Å². The van der Waals surface area contributed by atoms with Crippen molar-refractivity contribution in [1.29, 1.82) is 0 Å². The minimum absolute atomic E-state index is 0.0951. The molecule has 1 fully saturated rings. The summed E-state index contributed by atoms with van der Waals surface area (Å²) in [6.45, 7) is 2.44. The Morgan fingerprint density at radius 1 is 1.68 bits per heavy atom. The monoisotopic (exact) mass is 267 g/mol. The largest absolute Gasteiger partial charge is 0.393 e. The van der Waals surface area contributed by atoms with Crippen LogP contribution in [0.4, 0.5) is 17.1 Å². The van der Waals surface area contributed by atoms with Gasteiger partial charge in [0.2, 0.25) is 0 Å². The van der Waals surface area contributed by atoms with Crippen molar-refractivity contribution in [2.24, 2.45) is 0 Å². The Morgan fingerprint density at radius 3 is 3.00 bits per heavy atom. The van der Waals surface area contributed by atoms with Crippen LogP contribution in [-0.4, -0.2) is 34.9 Å². The van der Waals surface area contributed by atoms with Crippen LogP contribution < -0.4 is 11.1 Å². The van der Waals surface area contributed by atoms with Crippen LogP contribution in [0.3, 0.4) is 0 Å². The minimum atomic E-state index is -1.02. The first-order valence-corrected chi connectivity index (χ1v) is 6.05. The molecule has 4 N–H and O–H groups in total. The van der Waals surface area contributed by atoms with Gasteiger partial charge in [0, 0.05) is 19.6 Å². The molecule has 19 heavy (non-hydrogen) atoms. The first-order chi connectivity index (χ1) is 8.94. The average molecular weight is 267 g/mol. The summed E-state index contributed by atoms with van der Waals surface area (Å²) in [5.41, 5.74) is 4.81. The highest BCUT2D eigenvalue weighted by molar-refractivity contribution is 5.74. The summed E-state index contributed by atoms with van der Waals surface area (Å²) in [4.78, 5) is 10.4. The first-order valence-electron chi connectivity index (χ1n) is 6.05. The van der Waals surface area contributed by atoms with Gasteiger partial charge < -0.3 is 20.9 Å². The molecule has 0 spiro atoms. The topological polar surface area (TPSA) is 111 Å². The van der Waals surface area contributed by atoms with Crippen LogP contribution in [0.1, 0.15) is 13.3 Å². The van der Waals surface area contributed by atoms with Crippen LogP contribution >= 0.6 is 0 Å². The molecule has 1 saturated heterocycles. The number of ether oxygens (including phenoxy) is 1. The number of nitrogens with two attached hydrogens (primary N) is 1. The van der Waals surface area contributed by atoms with Crippen LogP contribution in [0.5, 0.6) is 0 Å². The summed E-state index contributed by atoms with van der Waals surface area (Å²) in [6, 6.07) is 4.67. The fourth-order valence-corrected chi connectivity index (χ4v) is 2.16. The Hall–Kier alpha value is -1.86. The highest BCUT2D eigenvalue weighted by atomic mass is 16.6. The standard InChI is InChI=1S/C12H17N3O4/c1-8-12(16,5-6-19-8)7-14-10-4-2-3-9(13)11(10)15(17)18/h2-4,8,14,16H,5-7,13H2,1H3. The summed E-state index contributed by atoms with van der Waals surface area (Å²) in [5, 5.41) is 24.2. The second-order valence-corrected chi connectivity index (χ2v) is 4.72. The highest BCUT2D eigenvalue weighted by Gasteiger charge is 2.39. The molecular weight excluding hydrogens is 250 g/mol. The number of para-hydroxylation sites is 1. The van der Waals surface area contributed by atoms with E-state index in [1.165, 1.54) is 6.07 Å². The molecule has 7 heteroatoms. The molecule has 1 aromatic carbocycles. The second-order valence-electron chi connectivity index (χ2n) is 4.72. The van der Waals surface area contributed by atoms with Crippen LogP contribution in [0.2, 0.25) is 0 Å². The molecule has 0 aliphatic carbocycles.